The minimum atomic E-state index is -0.850. The topological polar surface area (TPSA) is 67.8 Å². The number of ketones is 1. The Labute approximate surface area is 129 Å². The lowest BCUT2D eigenvalue weighted by Crippen LogP contribution is -2.76. The molecule has 22 heavy (non-hydrogen) atoms. The maximum Gasteiger partial charge on any atom is 0.174 e. The van der Waals surface area contributed by atoms with Crippen LogP contribution in [-0.2, 0) is 14.3 Å². The third kappa shape index (κ3) is 1.20. The van der Waals surface area contributed by atoms with Gasteiger partial charge in [0, 0.05) is 18.4 Å². The highest BCUT2D eigenvalue weighted by Crippen LogP contribution is 2.68. The average Bonchev–Trinajstić information content (AvgIpc) is 2.85. The minimum absolute atomic E-state index is 0.0507. The van der Waals surface area contributed by atoms with Crippen LogP contribution in [-0.4, -0.2) is 42.3 Å². The van der Waals surface area contributed by atoms with Crippen molar-refractivity contribution in [1.29, 1.82) is 0 Å². The number of Topliss-reactive ketones (excluding diaryl/α,β-unsaturated/α-hetero) is 1. The summed E-state index contributed by atoms with van der Waals surface area (Å²) in [6, 6.07) is 0.0507. The van der Waals surface area contributed by atoms with Crippen LogP contribution >= 0.6 is 0 Å². The molecule has 1 spiro atoms. The predicted octanol–water partition coefficient (Wildman–Crippen LogP) is 0.891. The highest BCUT2D eigenvalue weighted by molar-refractivity contribution is 5.87. The van der Waals surface area contributed by atoms with Gasteiger partial charge in [-0.15, -0.1) is 0 Å². The number of carbonyl (C=O) groups excluding carboxylic acids is 1. The number of allylic oxidation sites excluding steroid dienone is 3. The summed E-state index contributed by atoms with van der Waals surface area (Å²) in [6.07, 6.45) is 6.27. The molecule has 6 atom stereocenters. The van der Waals surface area contributed by atoms with E-state index in [-0.39, 0.29) is 17.7 Å². The highest BCUT2D eigenvalue weighted by atomic mass is 16.5. The molecule has 0 aromatic carbocycles. The first-order valence-electron chi connectivity index (χ1n) is 8.23. The maximum absolute atomic E-state index is 12.6. The van der Waals surface area contributed by atoms with Crippen molar-refractivity contribution in [1.82, 2.24) is 5.32 Å². The molecule has 4 fully saturated rings. The molecular formula is C17H21NO4. The molecule has 5 rings (SSSR count). The van der Waals surface area contributed by atoms with E-state index in [9.17, 15) is 9.90 Å². The third-order valence-electron chi connectivity index (χ3n) is 6.80. The Morgan fingerprint density at radius 3 is 3.14 bits per heavy atom. The molecule has 2 heterocycles. The van der Waals surface area contributed by atoms with Crippen LogP contribution in [0.4, 0.5) is 0 Å². The smallest absolute Gasteiger partial charge is 0.174 e. The normalized spacial score (nSPS) is 51.5. The molecule has 0 aromatic rings. The molecule has 2 unspecified atom stereocenters. The van der Waals surface area contributed by atoms with Gasteiger partial charge < -0.3 is 19.9 Å². The summed E-state index contributed by atoms with van der Waals surface area (Å²) in [4.78, 5) is 12.6. The largest absolute Gasteiger partial charge is 0.493 e. The summed E-state index contributed by atoms with van der Waals surface area (Å²) in [5.74, 6) is 2.04. The van der Waals surface area contributed by atoms with Crippen molar-refractivity contribution in [3.63, 3.8) is 0 Å². The van der Waals surface area contributed by atoms with Gasteiger partial charge in [0.15, 0.2) is 17.6 Å². The van der Waals surface area contributed by atoms with Crippen LogP contribution in [0.2, 0.25) is 0 Å². The average molecular weight is 303 g/mol. The van der Waals surface area contributed by atoms with E-state index in [4.69, 9.17) is 9.47 Å². The number of rotatable bonds is 1. The fourth-order valence-electron chi connectivity index (χ4n) is 5.98. The monoisotopic (exact) mass is 303 g/mol. The van der Waals surface area contributed by atoms with E-state index in [1.165, 1.54) is 0 Å². The number of hydrogen-bond donors (Lipinski definition) is 2. The maximum atomic E-state index is 12.6. The number of methoxy groups -OCH3 is 1. The lowest BCUT2D eigenvalue weighted by atomic mass is 9.44. The van der Waals surface area contributed by atoms with E-state index in [1.807, 2.05) is 6.08 Å². The van der Waals surface area contributed by atoms with E-state index in [0.717, 1.165) is 30.9 Å². The van der Waals surface area contributed by atoms with Gasteiger partial charge in [-0.2, -0.15) is 0 Å². The third-order valence-corrected chi connectivity index (χ3v) is 6.80. The summed E-state index contributed by atoms with van der Waals surface area (Å²) in [5, 5.41) is 15.1. The fourth-order valence-corrected chi connectivity index (χ4v) is 5.98. The lowest BCUT2D eigenvalue weighted by Gasteiger charge is -2.63. The Morgan fingerprint density at radius 1 is 1.45 bits per heavy atom. The first-order chi connectivity index (χ1) is 10.6. The number of nitrogens with one attached hydrogen (secondary N) is 1. The molecular weight excluding hydrogens is 282 g/mol. The van der Waals surface area contributed by atoms with Crippen LogP contribution in [0, 0.1) is 17.3 Å². The SMILES string of the molecule is COC1=C2O[C@@H]3C(=O)CC[C@]4(O)[C@@H]5CC(C=C1)C2[C@]34CCN5. The molecule has 2 saturated heterocycles. The number of hydrogen-bond acceptors (Lipinski definition) is 5. The molecule has 2 bridgehead atoms. The molecule has 5 nitrogen and oxygen atoms in total. The summed E-state index contributed by atoms with van der Waals surface area (Å²) >= 11 is 0. The van der Waals surface area contributed by atoms with Gasteiger partial charge in [0.2, 0.25) is 0 Å². The van der Waals surface area contributed by atoms with E-state index in [0.29, 0.717) is 18.8 Å². The van der Waals surface area contributed by atoms with Gasteiger partial charge in [-0.3, -0.25) is 4.79 Å². The van der Waals surface area contributed by atoms with Crippen molar-refractivity contribution < 1.29 is 19.4 Å². The molecule has 0 amide bonds. The molecule has 5 heteroatoms. The van der Waals surface area contributed by atoms with Crippen LogP contribution in [0.5, 0.6) is 0 Å². The minimum Gasteiger partial charge on any atom is -0.493 e. The summed E-state index contributed by atoms with van der Waals surface area (Å²) in [5.41, 5.74) is -1.33. The molecule has 118 valence electrons. The predicted molar refractivity (Wildman–Crippen MR) is 77.7 cm³/mol. The molecule has 2 N–H and O–H groups in total. The fraction of sp³-hybridized carbons (Fsp3) is 0.706. The molecule has 5 aliphatic rings. The number of carbonyl (C=O) groups is 1. The Hall–Kier alpha value is -1.33. The first-order valence-corrected chi connectivity index (χ1v) is 8.23. The van der Waals surface area contributed by atoms with Gasteiger partial charge in [-0.1, -0.05) is 6.08 Å². The molecule has 2 aliphatic heterocycles. The second-order valence-electron chi connectivity index (χ2n) is 7.35. The molecule has 3 aliphatic carbocycles. The van der Waals surface area contributed by atoms with Crippen LogP contribution in [0.3, 0.4) is 0 Å². The van der Waals surface area contributed by atoms with Crippen LogP contribution in [0.25, 0.3) is 0 Å². The molecule has 0 radical (unpaired) electrons. The van der Waals surface area contributed by atoms with Gasteiger partial charge in [0.1, 0.15) is 5.76 Å². The van der Waals surface area contributed by atoms with Crippen LogP contribution in [0.1, 0.15) is 25.7 Å². The quantitative estimate of drug-likeness (QED) is 0.753. The van der Waals surface area contributed by atoms with Crippen molar-refractivity contribution in [3.8, 4) is 0 Å². The zero-order chi connectivity index (χ0) is 15.1. The Kier molecular flexibility index (Phi) is 2.36. The highest BCUT2D eigenvalue weighted by Gasteiger charge is 2.76. The lowest BCUT2D eigenvalue weighted by molar-refractivity contribution is -0.216. The van der Waals surface area contributed by atoms with Crippen molar-refractivity contribution in [3.05, 3.63) is 23.7 Å². The van der Waals surface area contributed by atoms with Crippen LogP contribution < -0.4 is 5.32 Å². The standard InChI is InChI=1S/C17H21NO4/c1-21-11-3-2-9-8-12-17(20)5-4-10(19)15-16(17,6-7-18-12)13(9)14(11)22-15/h2-3,9,12-13,15,18,20H,4-8H2,1H3/t9?,12-,13?,15+,16+,17-/m0/s1. The van der Waals surface area contributed by atoms with Gasteiger partial charge in [-0.25, -0.2) is 0 Å². The van der Waals surface area contributed by atoms with Crippen molar-refractivity contribution in [2.45, 2.75) is 43.4 Å². The second-order valence-corrected chi connectivity index (χ2v) is 7.35. The van der Waals surface area contributed by atoms with E-state index in [2.05, 4.69) is 11.4 Å². The van der Waals surface area contributed by atoms with Crippen molar-refractivity contribution >= 4 is 5.78 Å². The van der Waals surface area contributed by atoms with Gasteiger partial charge in [0.05, 0.1) is 18.1 Å². The van der Waals surface area contributed by atoms with Crippen molar-refractivity contribution in [2.24, 2.45) is 17.3 Å². The first kappa shape index (κ1) is 13.1. The van der Waals surface area contributed by atoms with Gasteiger partial charge in [-0.05, 0) is 37.8 Å². The van der Waals surface area contributed by atoms with Crippen LogP contribution in [0.15, 0.2) is 23.7 Å². The zero-order valence-corrected chi connectivity index (χ0v) is 12.7. The summed E-state index contributed by atoms with van der Waals surface area (Å²) in [6.45, 7) is 0.836. The van der Waals surface area contributed by atoms with E-state index >= 15 is 0 Å². The zero-order valence-electron chi connectivity index (χ0n) is 12.7. The van der Waals surface area contributed by atoms with E-state index < -0.39 is 17.1 Å². The van der Waals surface area contributed by atoms with Gasteiger partial charge >= 0.3 is 0 Å². The number of ether oxygens (including phenoxy) is 2. The Bertz CT molecular complexity index is 626. The summed E-state index contributed by atoms with van der Waals surface area (Å²) in [7, 11) is 1.64. The summed E-state index contributed by atoms with van der Waals surface area (Å²) < 4.78 is 11.7. The Morgan fingerprint density at radius 2 is 2.32 bits per heavy atom. The second kappa shape index (κ2) is 3.95. The van der Waals surface area contributed by atoms with Gasteiger partial charge in [0.25, 0.3) is 0 Å². The Balaban J connectivity index is 1.77. The molecule has 0 aromatic heterocycles. The number of piperidine rings is 1. The van der Waals surface area contributed by atoms with E-state index in [1.54, 1.807) is 7.11 Å². The molecule has 2 saturated carbocycles. The number of aliphatic hydroxyl groups is 1. The van der Waals surface area contributed by atoms with Crippen molar-refractivity contribution in [2.75, 3.05) is 13.7 Å².